The number of hydrogen-bond acceptors (Lipinski definition) is 4. The van der Waals surface area contributed by atoms with Crippen LogP contribution in [0.15, 0.2) is 31.0 Å². The molecule has 1 aliphatic rings. The van der Waals surface area contributed by atoms with Gasteiger partial charge in [0.25, 0.3) is 0 Å². The van der Waals surface area contributed by atoms with Crippen molar-refractivity contribution < 1.29 is 0 Å². The molecule has 2 aromatic heterocycles. The van der Waals surface area contributed by atoms with Gasteiger partial charge in [-0.15, -0.1) is 0 Å². The van der Waals surface area contributed by atoms with Gasteiger partial charge in [-0.1, -0.05) is 12.8 Å². The molecule has 0 aromatic carbocycles. The van der Waals surface area contributed by atoms with E-state index in [1.165, 1.54) is 25.7 Å². The third-order valence-electron chi connectivity index (χ3n) is 4.12. The summed E-state index contributed by atoms with van der Waals surface area (Å²) in [4.78, 5) is 8.55. The first-order chi connectivity index (χ1) is 9.81. The Morgan fingerprint density at radius 2 is 2.10 bits per heavy atom. The molecule has 2 heterocycles. The summed E-state index contributed by atoms with van der Waals surface area (Å²) < 4.78 is 2.30. The Morgan fingerprint density at radius 1 is 1.25 bits per heavy atom. The molecule has 0 saturated heterocycles. The van der Waals surface area contributed by atoms with Crippen molar-refractivity contribution in [1.82, 2.24) is 14.5 Å². The maximum Gasteiger partial charge on any atom is 0.0953 e. The third-order valence-corrected chi connectivity index (χ3v) is 5.28. The lowest BCUT2D eigenvalue weighted by atomic mass is 9.94. The molecule has 20 heavy (non-hydrogen) atoms. The minimum Gasteiger partial charge on any atom is -0.398 e. The van der Waals surface area contributed by atoms with Gasteiger partial charge in [-0.25, -0.2) is 4.98 Å². The molecule has 0 bridgehead atoms. The van der Waals surface area contributed by atoms with Crippen molar-refractivity contribution in [2.24, 2.45) is 0 Å². The molecular weight excluding hydrogens is 268 g/mol. The topological polar surface area (TPSA) is 56.7 Å². The van der Waals surface area contributed by atoms with Crippen molar-refractivity contribution in [2.75, 3.05) is 12.0 Å². The van der Waals surface area contributed by atoms with Crippen molar-refractivity contribution in [3.05, 3.63) is 31.0 Å². The lowest BCUT2D eigenvalue weighted by Gasteiger charge is -2.32. The number of nitrogens with zero attached hydrogens (tertiary/aromatic N) is 3. The van der Waals surface area contributed by atoms with Gasteiger partial charge in [0.1, 0.15) is 0 Å². The Hall–Kier alpha value is -1.49. The molecule has 0 amide bonds. The largest absolute Gasteiger partial charge is 0.398 e. The summed E-state index contributed by atoms with van der Waals surface area (Å²) in [5, 5.41) is 0.662. The monoisotopic (exact) mass is 288 g/mol. The van der Waals surface area contributed by atoms with Crippen molar-refractivity contribution in [3.8, 4) is 11.3 Å². The average Bonchev–Trinajstić information content (AvgIpc) is 2.96. The maximum absolute atomic E-state index is 6.09. The SMILES string of the molecule is CSC1CCCCC1n1cncc1-c1cnccc1N. The molecule has 0 radical (unpaired) electrons. The van der Waals surface area contributed by atoms with Gasteiger partial charge in [-0.2, -0.15) is 11.8 Å². The summed E-state index contributed by atoms with van der Waals surface area (Å²) in [6.07, 6.45) is 14.7. The van der Waals surface area contributed by atoms with Gasteiger partial charge in [-0.05, 0) is 25.2 Å². The van der Waals surface area contributed by atoms with Crippen LogP contribution in [0, 0.1) is 0 Å². The summed E-state index contributed by atoms with van der Waals surface area (Å²) in [6, 6.07) is 2.36. The molecule has 1 fully saturated rings. The van der Waals surface area contributed by atoms with E-state index in [0.717, 1.165) is 16.9 Å². The first kappa shape index (κ1) is 13.5. The predicted octanol–water partition coefficient (Wildman–Crippen LogP) is 3.37. The first-order valence-corrected chi connectivity index (χ1v) is 8.34. The minimum absolute atomic E-state index is 0.510. The van der Waals surface area contributed by atoms with Crippen LogP contribution in [0.2, 0.25) is 0 Å². The minimum atomic E-state index is 0.510. The number of anilines is 1. The standard InChI is InChI=1S/C15H20N4S/c1-20-15-5-3-2-4-13(15)19-10-18-9-14(19)11-8-17-7-6-12(11)16/h6-10,13,15H,2-5H2,1H3,(H2,16,17). The van der Waals surface area contributed by atoms with Crippen molar-refractivity contribution in [2.45, 2.75) is 37.0 Å². The number of nitrogen functional groups attached to an aromatic ring is 1. The maximum atomic E-state index is 6.09. The molecule has 0 aliphatic heterocycles. The van der Waals surface area contributed by atoms with Crippen LogP contribution in [-0.4, -0.2) is 26.0 Å². The summed E-state index contributed by atoms with van der Waals surface area (Å²) in [6.45, 7) is 0. The highest BCUT2D eigenvalue weighted by atomic mass is 32.2. The quantitative estimate of drug-likeness (QED) is 0.940. The molecule has 2 unspecified atom stereocenters. The molecule has 3 rings (SSSR count). The fourth-order valence-electron chi connectivity index (χ4n) is 3.07. The average molecular weight is 288 g/mol. The van der Waals surface area contributed by atoms with Crippen LogP contribution in [-0.2, 0) is 0 Å². The molecule has 1 saturated carbocycles. The van der Waals surface area contributed by atoms with Crippen LogP contribution in [0.25, 0.3) is 11.3 Å². The van der Waals surface area contributed by atoms with Crippen molar-refractivity contribution in [1.29, 1.82) is 0 Å². The summed E-state index contributed by atoms with van der Waals surface area (Å²) in [5.74, 6) is 0. The van der Waals surface area contributed by atoms with E-state index in [1.54, 1.807) is 6.20 Å². The molecule has 2 atom stereocenters. The lowest BCUT2D eigenvalue weighted by Crippen LogP contribution is -2.25. The van der Waals surface area contributed by atoms with Crippen molar-refractivity contribution in [3.63, 3.8) is 0 Å². The second-order valence-corrected chi connectivity index (χ2v) is 6.35. The molecule has 2 aromatic rings. The van der Waals surface area contributed by atoms with Crippen LogP contribution in [0.3, 0.4) is 0 Å². The number of imidazole rings is 1. The number of aromatic nitrogens is 3. The van der Waals surface area contributed by atoms with Crippen LogP contribution in [0.5, 0.6) is 0 Å². The van der Waals surface area contributed by atoms with Gasteiger partial charge in [-0.3, -0.25) is 4.98 Å². The van der Waals surface area contributed by atoms with Crippen LogP contribution in [0.4, 0.5) is 5.69 Å². The summed E-state index contributed by atoms with van der Waals surface area (Å²) in [5.41, 5.74) is 8.92. The van der Waals surface area contributed by atoms with E-state index in [-0.39, 0.29) is 0 Å². The smallest absolute Gasteiger partial charge is 0.0953 e. The Morgan fingerprint density at radius 3 is 2.90 bits per heavy atom. The molecule has 5 heteroatoms. The van der Waals surface area contributed by atoms with E-state index < -0.39 is 0 Å². The zero-order valence-corrected chi connectivity index (χ0v) is 12.5. The molecule has 106 valence electrons. The van der Waals surface area contributed by atoms with E-state index in [0.29, 0.717) is 11.3 Å². The fraction of sp³-hybridized carbons (Fsp3) is 0.467. The van der Waals surface area contributed by atoms with Gasteiger partial charge in [0, 0.05) is 34.9 Å². The van der Waals surface area contributed by atoms with Gasteiger partial charge in [0.15, 0.2) is 0 Å². The van der Waals surface area contributed by atoms with Gasteiger partial charge < -0.3 is 10.3 Å². The van der Waals surface area contributed by atoms with Crippen LogP contribution >= 0.6 is 11.8 Å². The van der Waals surface area contributed by atoms with Gasteiger partial charge in [0.05, 0.1) is 18.2 Å². The normalized spacial score (nSPS) is 22.9. The second kappa shape index (κ2) is 5.87. The summed E-state index contributed by atoms with van der Waals surface area (Å²) in [7, 11) is 0. The van der Waals surface area contributed by atoms with E-state index in [9.17, 15) is 0 Å². The zero-order valence-electron chi connectivity index (χ0n) is 11.7. The van der Waals surface area contributed by atoms with E-state index in [4.69, 9.17) is 5.73 Å². The Bertz CT molecular complexity index is 581. The fourth-order valence-corrected chi connectivity index (χ4v) is 4.05. The Labute approximate surface area is 123 Å². The first-order valence-electron chi connectivity index (χ1n) is 7.05. The van der Waals surface area contributed by atoms with Gasteiger partial charge >= 0.3 is 0 Å². The number of pyridine rings is 1. The van der Waals surface area contributed by atoms with Gasteiger partial charge in [0.2, 0.25) is 0 Å². The molecule has 0 spiro atoms. The van der Waals surface area contributed by atoms with Crippen LogP contribution < -0.4 is 5.73 Å². The number of hydrogen-bond donors (Lipinski definition) is 1. The zero-order chi connectivity index (χ0) is 13.9. The third kappa shape index (κ3) is 2.42. The summed E-state index contributed by atoms with van der Waals surface area (Å²) >= 11 is 1.96. The number of rotatable bonds is 3. The lowest BCUT2D eigenvalue weighted by molar-refractivity contribution is 0.367. The number of nitrogens with two attached hydrogens (primary N) is 1. The van der Waals surface area contributed by atoms with E-state index in [1.807, 2.05) is 36.5 Å². The highest BCUT2D eigenvalue weighted by molar-refractivity contribution is 7.99. The van der Waals surface area contributed by atoms with Crippen molar-refractivity contribution >= 4 is 17.4 Å². The molecule has 1 aliphatic carbocycles. The Kier molecular flexibility index (Phi) is 3.96. The molecular formula is C15H20N4S. The second-order valence-electron chi connectivity index (χ2n) is 5.28. The highest BCUT2D eigenvalue weighted by Crippen LogP contribution is 2.38. The predicted molar refractivity (Wildman–Crippen MR) is 84.7 cm³/mol. The van der Waals surface area contributed by atoms with Crippen LogP contribution in [0.1, 0.15) is 31.7 Å². The molecule has 4 nitrogen and oxygen atoms in total. The molecule has 2 N–H and O–H groups in total. The Balaban J connectivity index is 2.00. The number of thioether (sulfide) groups is 1. The van der Waals surface area contributed by atoms with E-state index in [2.05, 4.69) is 20.8 Å². The van der Waals surface area contributed by atoms with E-state index >= 15 is 0 Å². The highest BCUT2D eigenvalue weighted by Gasteiger charge is 2.27.